The molecule has 2 atom stereocenters. The van der Waals surface area contributed by atoms with E-state index in [1.807, 2.05) is 26.0 Å². The molecule has 1 fully saturated rings. The van der Waals surface area contributed by atoms with Gasteiger partial charge in [-0.05, 0) is 56.5 Å². The average Bonchev–Trinajstić information content (AvgIpc) is 3.35. The van der Waals surface area contributed by atoms with Crippen molar-refractivity contribution in [2.24, 2.45) is 0 Å². The fourth-order valence-corrected chi connectivity index (χ4v) is 4.76. The third-order valence-electron chi connectivity index (χ3n) is 6.25. The van der Waals surface area contributed by atoms with Crippen LogP contribution in [0.4, 0.5) is 21.5 Å². The van der Waals surface area contributed by atoms with Crippen molar-refractivity contribution in [1.29, 1.82) is 0 Å². The molecule has 0 aliphatic carbocycles. The molecule has 166 valence electrons. The number of hydrogen-bond donors (Lipinski definition) is 2. The Morgan fingerprint density at radius 3 is 2.69 bits per heavy atom. The molecule has 8 heteroatoms. The first-order chi connectivity index (χ1) is 15.5. The maximum absolute atomic E-state index is 14.4. The van der Waals surface area contributed by atoms with Gasteiger partial charge in [-0.25, -0.2) is 4.39 Å². The van der Waals surface area contributed by atoms with Gasteiger partial charge in [-0.1, -0.05) is 11.2 Å². The molecule has 5 rings (SSSR count). The number of aryl methyl sites for hydroxylation is 2. The Balaban J connectivity index is 1.44. The number of amides is 1. The van der Waals surface area contributed by atoms with Crippen LogP contribution in [0.25, 0.3) is 11.1 Å². The van der Waals surface area contributed by atoms with Crippen LogP contribution in [0.3, 0.4) is 0 Å². The van der Waals surface area contributed by atoms with E-state index in [2.05, 4.69) is 21.9 Å². The van der Waals surface area contributed by atoms with Crippen LogP contribution < -0.4 is 20.3 Å². The Morgan fingerprint density at radius 1 is 1.16 bits per heavy atom. The van der Waals surface area contributed by atoms with Gasteiger partial charge in [-0.3, -0.25) is 4.79 Å². The molecule has 7 nitrogen and oxygen atoms in total. The number of rotatable bonds is 4. The van der Waals surface area contributed by atoms with E-state index in [0.29, 0.717) is 12.1 Å². The summed E-state index contributed by atoms with van der Waals surface area (Å²) in [4.78, 5) is 14.6. The molecule has 2 aromatic carbocycles. The minimum atomic E-state index is -0.484. The first-order valence-corrected chi connectivity index (χ1v) is 10.7. The monoisotopic (exact) mass is 436 g/mol. The molecule has 3 heterocycles. The summed E-state index contributed by atoms with van der Waals surface area (Å²) < 4.78 is 24.7. The highest BCUT2D eigenvalue weighted by Crippen LogP contribution is 2.39. The molecule has 0 radical (unpaired) electrons. The number of carbonyl (C=O) groups excluding carboxylic acids is 1. The summed E-state index contributed by atoms with van der Waals surface area (Å²) in [6.07, 6.45) is 1.84. The van der Waals surface area contributed by atoms with Gasteiger partial charge in [0.15, 0.2) is 11.6 Å². The van der Waals surface area contributed by atoms with Gasteiger partial charge < -0.3 is 24.8 Å². The number of fused-ring (bicyclic) bond motifs is 1. The zero-order valence-electron chi connectivity index (χ0n) is 18.2. The fraction of sp³-hybridized carbons (Fsp3) is 0.333. The van der Waals surface area contributed by atoms with Crippen LogP contribution >= 0.6 is 0 Å². The zero-order valence-corrected chi connectivity index (χ0v) is 18.2. The van der Waals surface area contributed by atoms with Crippen molar-refractivity contribution in [3.8, 4) is 16.9 Å². The number of carbonyl (C=O) groups is 1. The Hall–Kier alpha value is -3.55. The van der Waals surface area contributed by atoms with Gasteiger partial charge in [-0.2, -0.15) is 0 Å². The van der Waals surface area contributed by atoms with Gasteiger partial charge in [0.05, 0.1) is 30.2 Å². The summed E-state index contributed by atoms with van der Waals surface area (Å²) in [6.45, 7) is 3.82. The topological polar surface area (TPSA) is 79.6 Å². The molecule has 0 bridgehead atoms. The van der Waals surface area contributed by atoms with Crippen molar-refractivity contribution < 1.29 is 18.4 Å². The number of nitrogens with zero attached hydrogens (tertiary/aromatic N) is 2. The molecule has 1 unspecified atom stereocenters. The molecule has 0 saturated carbocycles. The van der Waals surface area contributed by atoms with E-state index in [-0.39, 0.29) is 23.9 Å². The number of anilines is 3. The summed E-state index contributed by atoms with van der Waals surface area (Å²) in [5.74, 6) is 0.435. The number of piperidine rings is 1. The normalized spacial score (nSPS) is 20.0. The third-order valence-corrected chi connectivity index (χ3v) is 6.25. The Morgan fingerprint density at radius 2 is 1.97 bits per heavy atom. The Kier molecular flexibility index (Phi) is 5.00. The van der Waals surface area contributed by atoms with Crippen LogP contribution in [0.2, 0.25) is 0 Å². The van der Waals surface area contributed by atoms with Gasteiger partial charge in [0.2, 0.25) is 5.91 Å². The van der Waals surface area contributed by atoms with E-state index < -0.39 is 5.82 Å². The second-order valence-corrected chi connectivity index (χ2v) is 8.27. The lowest BCUT2D eigenvalue weighted by molar-refractivity contribution is -0.120. The van der Waals surface area contributed by atoms with Crippen molar-refractivity contribution in [1.82, 2.24) is 5.16 Å². The van der Waals surface area contributed by atoms with E-state index in [4.69, 9.17) is 9.26 Å². The number of nitrogens with one attached hydrogen (secondary N) is 2. The lowest BCUT2D eigenvalue weighted by Crippen LogP contribution is -2.54. The lowest BCUT2D eigenvalue weighted by atomic mass is 9.98. The van der Waals surface area contributed by atoms with Crippen LogP contribution in [0.15, 0.2) is 40.9 Å². The van der Waals surface area contributed by atoms with E-state index in [1.54, 1.807) is 17.0 Å². The van der Waals surface area contributed by atoms with Gasteiger partial charge in [-0.15, -0.1) is 0 Å². The van der Waals surface area contributed by atoms with Crippen LogP contribution in [0.1, 0.15) is 30.7 Å². The minimum Gasteiger partial charge on any atom is -0.494 e. The number of benzene rings is 2. The van der Waals surface area contributed by atoms with Crippen molar-refractivity contribution in [2.45, 2.75) is 45.3 Å². The van der Waals surface area contributed by atoms with Crippen molar-refractivity contribution in [3.05, 3.63) is 53.7 Å². The standard InChI is InChI=1S/C24H25FN4O3/c1-13-23(14(2)32-28-13)15-7-9-18-19(11-15)27-24(26-18)20-5-4-6-22(30)29(20)16-8-10-21(31-3)17(25)12-16/h7-12,20,24,26-27H,4-6H2,1-3H3/t20?,24-/m0/s1. The van der Waals surface area contributed by atoms with E-state index >= 15 is 0 Å². The highest BCUT2D eigenvalue weighted by molar-refractivity contribution is 5.95. The molecule has 2 aliphatic rings. The smallest absolute Gasteiger partial charge is 0.227 e. The number of hydrogen-bond acceptors (Lipinski definition) is 6. The second kappa shape index (κ2) is 7.85. The summed E-state index contributed by atoms with van der Waals surface area (Å²) >= 11 is 0. The lowest BCUT2D eigenvalue weighted by Gasteiger charge is -2.39. The molecule has 1 amide bonds. The van der Waals surface area contributed by atoms with Crippen molar-refractivity contribution in [3.63, 3.8) is 0 Å². The first-order valence-electron chi connectivity index (χ1n) is 10.7. The highest BCUT2D eigenvalue weighted by Gasteiger charge is 2.38. The molecular formula is C24H25FN4O3. The molecular weight excluding hydrogens is 411 g/mol. The molecule has 2 N–H and O–H groups in total. The van der Waals surface area contributed by atoms with Crippen LogP contribution in [-0.4, -0.2) is 30.4 Å². The summed E-state index contributed by atoms with van der Waals surface area (Å²) in [5.41, 5.74) is 5.30. The fourth-order valence-electron chi connectivity index (χ4n) is 4.76. The third kappa shape index (κ3) is 3.36. The number of ether oxygens (including phenoxy) is 1. The van der Waals surface area contributed by atoms with Gasteiger partial charge in [0, 0.05) is 23.7 Å². The largest absolute Gasteiger partial charge is 0.494 e. The molecule has 1 aromatic heterocycles. The van der Waals surface area contributed by atoms with Crippen molar-refractivity contribution in [2.75, 3.05) is 22.6 Å². The minimum absolute atomic E-state index is 0.0122. The molecule has 3 aromatic rings. The van der Waals surface area contributed by atoms with Crippen LogP contribution in [0, 0.1) is 19.7 Å². The summed E-state index contributed by atoms with van der Waals surface area (Å²) in [5, 5.41) is 11.1. The molecule has 1 saturated heterocycles. The SMILES string of the molecule is COc1ccc(N2C(=O)CCCC2[C@H]2Nc3ccc(-c4c(C)noc4C)cc3N2)cc1F. The van der Waals surface area contributed by atoms with E-state index in [9.17, 15) is 9.18 Å². The number of methoxy groups -OCH3 is 1. The number of halogens is 1. The summed E-state index contributed by atoms with van der Waals surface area (Å²) in [7, 11) is 1.42. The second-order valence-electron chi connectivity index (χ2n) is 8.27. The molecule has 0 spiro atoms. The van der Waals surface area contributed by atoms with Crippen LogP contribution in [-0.2, 0) is 4.79 Å². The number of aromatic nitrogens is 1. The highest BCUT2D eigenvalue weighted by atomic mass is 19.1. The van der Waals surface area contributed by atoms with E-state index in [0.717, 1.165) is 46.8 Å². The Bertz CT molecular complexity index is 1170. The van der Waals surface area contributed by atoms with Gasteiger partial charge in [0.25, 0.3) is 0 Å². The summed E-state index contributed by atoms with van der Waals surface area (Å²) in [6, 6.07) is 10.6. The maximum atomic E-state index is 14.4. The zero-order chi connectivity index (χ0) is 22.4. The van der Waals surface area contributed by atoms with Crippen LogP contribution in [0.5, 0.6) is 5.75 Å². The Labute approximate surface area is 185 Å². The maximum Gasteiger partial charge on any atom is 0.227 e. The quantitative estimate of drug-likeness (QED) is 0.608. The van der Waals surface area contributed by atoms with E-state index in [1.165, 1.54) is 13.2 Å². The average molecular weight is 436 g/mol. The predicted molar refractivity (Wildman–Crippen MR) is 121 cm³/mol. The molecule has 2 aliphatic heterocycles. The van der Waals surface area contributed by atoms with Gasteiger partial charge in [0.1, 0.15) is 11.9 Å². The first kappa shape index (κ1) is 20.4. The van der Waals surface area contributed by atoms with Gasteiger partial charge >= 0.3 is 0 Å². The molecule has 32 heavy (non-hydrogen) atoms. The van der Waals surface area contributed by atoms with Crippen molar-refractivity contribution >= 4 is 23.0 Å². The predicted octanol–water partition coefficient (Wildman–Crippen LogP) is 4.86.